The molecule has 68 valence electrons. The van der Waals surface area contributed by atoms with Crippen LogP contribution in [0.5, 0.6) is 0 Å². The van der Waals surface area contributed by atoms with Crippen LogP contribution in [0.4, 0.5) is 5.69 Å². The van der Waals surface area contributed by atoms with Crippen LogP contribution < -0.4 is 11.1 Å². The number of hydrogen-bond donors (Lipinski definition) is 2. The Bertz CT molecular complexity index is 349. The molecule has 0 fully saturated rings. The van der Waals surface area contributed by atoms with E-state index in [1.807, 2.05) is 31.2 Å². The molecule has 0 aliphatic heterocycles. The first-order valence-electron chi connectivity index (χ1n) is 3.77. The molecule has 0 aromatic heterocycles. The number of rotatable bonds is 1. The van der Waals surface area contributed by atoms with Crippen LogP contribution in [0.2, 0.25) is 0 Å². The molecule has 0 radical (unpaired) electrons. The smallest absolute Gasteiger partial charge is 0.276 e. The van der Waals surface area contributed by atoms with Crippen LogP contribution in [0.1, 0.15) is 5.56 Å². The minimum Gasteiger partial charge on any atom is -0.364 e. The fourth-order valence-electron chi connectivity index (χ4n) is 0.897. The Balaban J connectivity index is 2.81. The van der Waals surface area contributed by atoms with E-state index < -0.39 is 5.91 Å². The third-order valence-electron chi connectivity index (χ3n) is 1.62. The maximum atomic E-state index is 10.6. The van der Waals surface area contributed by atoms with Gasteiger partial charge in [-0.15, -0.1) is 0 Å². The van der Waals surface area contributed by atoms with Gasteiger partial charge in [0.25, 0.3) is 5.91 Å². The van der Waals surface area contributed by atoms with E-state index in [2.05, 4.69) is 5.32 Å². The first-order valence-corrected chi connectivity index (χ1v) is 4.18. The summed E-state index contributed by atoms with van der Waals surface area (Å²) in [6.45, 7) is 1.92. The van der Waals surface area contributed by atoms with Gasteiger partial charge in [-0.05, 0) is 18.6 Å². The number of nitrogens with two attached hydrogens (primary N) is 1. The molecule has 1 aromatic rings. The highest BCUT2D eigenvalue weighted by molar-refractivity contribution is 7.82. The van der Waals surface area contributed by atoms with Gasteiger partial charge in [0.1, 0.15) is 0 Å². The highest BCUT2D eigenvalue weighted by atomic mass is 32.1. The van der Waals surface area contributed by atoms with Crippen molar-refractivity contribution in [1.29, 1.82) is 0 Å². The first-order chi connectivity index (χ1) is 6.11. The number of aryl methyl sites for hydroxylation is 1. The van der Waals surface area contributed by atoms with Crippen molar-refractivity contribution in [2.24, 2.45) is 5.73 Å². The highest BCUT2D eigenvalue weighted by Gasteiger charge is 2.04. The Morgan fingerprint density at radius 1 is 1.46 bits per heavy atom. The molecule has 0 atom stereocenters. The summed E-state index contributed by atoms with van der Waals surface area (Å²) in [7, 11) is 0. The van der Waals surface area contributed by atoms with E-state index in [9.17, 15) is 4.79 Å². The number of nitrogens with one attached hydrogen (secondary N) is 1. The molecule has 13 heavy (non-hydrogen) atoms. The van der Waals surface area contributed by atoms with Gasteiger partial charge in [0.15, 0.2) is 4.99 Å². The van der Waals surface area contributed by atoms with Crippen LogP contribution in [0, 0.1) is 6.92 Å². The number of benzene rings is 1. The number of carbonyl (C=O) groups is 1. The Morgan fingerprint density at radius 2 is 2.08 bits per heavy atom. The summed E-state index contributed by atoms with van der Waals surface area (Å²) in [6, 6.07) is 7.53. The number of primary amides is 1. The zero-order chi connectivity index (χ0) is 9.84. The van der Waals surface area contributed by atoms with Crippen molar-refractivity contribution in [2.75, 3.05) is 5.32 Å². The number of hydrogen-bond acceptors (Lipinski definition) is 2. The zero-order valence-electron chi connectivity index (χ0n) is 7.20. The van der Waals surface area contributed by atoms with E-state index in [1.54, 1.807) is 0 Å². The summed E-state index contributed by atoms with van der Waals surface area (Å²) in [6.07, 6.45) is 0. The maximum Gasteiger partial charge on any atom is 0.276 e. The van der Waals surface area contributed by atoms with Gasteiger partial charge in [-0.25, -0.2) is 0 Å². The van der Waals surface area contributed by atoms with Gasteiger partial charge in [0.2, 0.25) is 0 Å². The van der Waals surface area contributed by atoms with Gasteiger partial charge in [-0.1, -0.05) is 30.4 Å². The van der Waals surface area contributed by atoms with Crippen molar-refractivity contribution in [1.82, 2.24) is 0 Å². The molecule has 1 amide bonds. The van der Waals surface area contributed by atoms with E-state index in [0.717, 1.165) is 11.3 Å². The van der Waals surface area contributed by atoms with Crippen molar-refractivity contribution < 1.29 is 4.79 Å². The lowest BCUT2D eigenvalue weighted by atomic mass is 10.2. The second kappa shape index (κ2) is 4.00. The van der Waals surface area contributed by atoms with Gasteiger partial charge < -0.3 is 11.1 Å². The number of amides is 1. The van der Waals surface area contributed by atoms with E-state index in [4.69, 9.17) is 18.0 Å². The van der Waals surface area contributed by atoms with Crippen molar-refractivity contribution in [3.05, 3.63) is 29.8 Å². The summed E-state index contributed by atoms with van der Waals surface area (Å²) in [5, 5.41) is 2.77. The molecule has 0 heterocycles. The number of thiocarbonyl (C=S) groups is 1. The molecular formula is C9H10N2OS. The number of anilines is 1. The van der Waals surface area contributed by atoms with Crippen LogP contribution >= 0.6 is 12.2 Å². The molecule has 1 aromatic carbocycles. The molecule has 0 saturated heterocycles. The lowest BCUT2D eigenvalue weighted by Crippen LogP contribution is -2.28. The average molecular weight is 194 g/mol. The Labute approximate surface area is 81.9 Å². The third-order valence-corrected chi connectivity index (χ3v) is 1.92. The van der Waals surface area contributed by atoms with Crippen molar-refractivity contribution in [2.45, 2.75) is 6.92 Å². The van der Waals surface area contributed by atoms with Crippen LogP contribution in [-0.4, -0.2) is 10.9 Å². The van der Waals surface area contributed by atoms with Crippen LogP contribution in [0.15, 0.2) is 24.3 Å². The summed E-state index contributed by atoms with van der Waals surface area (Å²) < 4.78 is 0. The van der Waals surface area contributed by atoms with Crippen LogP contribution in [0.25, 0.3) is 0 Å². The second-order valence-electron chi connectivity index (χ2n) is 2.63. The molecule has 0 unspecified atom stereocenters. The Kier molecular flexibility index (Phi) is 2.97. The number of para-hydroxylation sites is 1. The average Bonchev–Trinajstić information content (AvgIpc) is 2.08. The van der Waals surface area contributed by atoms with E-state index in [-0.39, 0.29) is 4.99 Å². The van der Waals surface area contributed by atoms with Gasteiger partial charge >= 0.3 is 0 Å². The van der Waals surface area contributed by atoms with Crippen molar-refractivity contribution in [3.8, 4) is 0 Å². The fraction of sp³-hybridized carbons (Fsp3) is 0.111. The van der Waals surface area contributed by atoms with Crippen molar-refractivity contribution >= 4 is 28.8 Å². The first kappa shape index (κ1) is 9.67. The van der Waals surface area contributed by atoms with Crippen LogP contribution in [0.3, 0.4) is 0 Å². The Morgan fingerprint density at radius 3 is 2.62 bits per heavy atom. The quantitative estimate of drug-likeness (QED) is 0.661. The third kappa shape index (κ3) is 2.52. The Hall–Kier alpha value is -1.42. The molecule has 0 aliphatic rings. The molecule has 4 heteroatoms. The second-order valence-corrected chi connectivity index (χ2v) is 3.04. The highest BCUT2D eigenvalue weighted by Crippen LogP contribution is 2.12. The van der Waals surface area contributed by atoms with E-state index >= 15 is 0 Å². The fourth-order valence-corrected chi connectivity index (χ4v) is 1.01. The lowest BCUT2D eigenvalue weighted by Gasteiger charge is -2.06. The summed E-state index contributed by atoms with van der Waals surface area (Å²) in [5.74, 6) is -0.613. The monoisotopic (exact) mass is 194 g/mol. The summed E-state index contributed by atoms with van der Waals surface area (Å²) >= 11 is 4.73. The van der Waals surface area contributed by atoms with Crippen molar-refractivity contribution in [3.63, 3.8) is 0 Å². The predicted molar refractivity (Wildman–Crippen MR) is 56.6 cm³/mol. The molecule has 1 rings (SSSR count). The van der Waals surface area contributed by atoms with E-state index in [1.165, 1.54) is 0 Å². The zero-order valence-corrected chi connectivity index (χ0v) is 8.02. The topological polar surface area (TPSA) is 55.1 Å². The summed E-state index contributed by atoms with van der Waals surface area (Å²) in [5.41, 5.74) is 6.82. The molecular weight excluding hydrogens is 184 g/mol. The molecule has 3 nitrogen and oxygen atoms in total. The van der Waals surface area contributed by atoms with E-state index in [0.29, 0.717) is 0 Å². The van der Waals surface area contributed by atoms with Gasteiger partial charge in [-0.2, -0.15) is 0 Å². The van der Waals surface area contributed by atoms with Crippen LogP contribution in [-0.2, 0) is 4.79 Å². The molecule has 3 N–H and O–H groups in total. The normalized spacial score (nSPS) is 9.31. The number of carbonyl (C=O) groups excluding carboxylic acids is 1. The SMILES string of the molecule is Cc1ccccc1NC(=S)C(N)=O. The van der Waals surface area contributed by atoms with Gasteiger partial charge in [0, 0.05) is 5.69 Å². The standard InChI is InChI=1S/C9H10N2OS/c1-6-4-2-3-5-7(6)11-9(13)8(10)12/h2-5H,1H3,(H2,10,12)(H,11,13). The largest absolute Gasteiger partial charge is 0.364 e. The molecule has 0 aliphatic carbocycles. The molecule has 0 saturated carbocycles. The minimum atomic E-state index is -0.613. The maximum absolute atomic E-state index is 10.6. The molecule has 0 spiro atoms. The van der Waals surface area contributed by atoms with Gasteiger partial charge in [0.05, 0.1) is 0 Å². The molecule has 0 bridgehead atoms. The lowest BCUT2D eigenvalue weighted by molar-refractivity contribution is -0.111. The van der Waals surface area contributed by atoms with Gasteiger partial charge in [-0.3, -0.25) is 4.79 Å². The summed E-state index contributed by atoms with van der Waals surface area (Å²) in [4.78, 5) is 10.7. The predicted octanol–water partition coefficient (Wildman–Crippen LogP) is 1.22. The minimum absolute atomic E-state index is 0.0364.